The standard InChI is InChI=1S/C22H37FO4/c1-3-13-26-21(24)18-7-5-16(6-8-18)15-20(23)17-9-11-19(12-10-17)22(25)27-14-4-2/h16-20H,3-15H2,1-2H3/t16-,17-,18-,19-,20?. The molecule has 0 aromatic carbocycles. The summed E-state index contributed by atoms with van der Waals surface area (Å²) in [7, 11) is 0. The molecule has 2 aliphatic rings. The van der Waals surface area contributed by atoms with Gasteiger partial charge < -0.3 is 9.47 Å². The average molecular weight is 385 g/mol. The minimum absolute atomic E-state index is 0.00966. The van der Waals surface area contributed by atoms with Crippen LogP contribution in [0, 0.1) is 23.7 Å². The first-order valence-electron chi connectivity index (χ1n) is 11.0. The van der Waals surface area contributed by atoms with Crippen molar-refractivity contribution in [3.05, 3.63) is 0 Å². The maximum absolute atomic E-state index is 14.8. The summed E-state index contributed by atoms with van der Waals surface area (Å²) in [4.78, 5) is 23.9. The van der Waals surface area contributed by atoms with Gasteiger partial charge in [-0.25, -0.2) is 4.39 Å². The zero-order valence-corrected chi connectivity index (χ0v) is 17.1. The molecule has 0 saturated heterocycles. The van der Waals surface area contributed by atoms with Gasteiger partial charge in [-0.3, -0.25) is 9.59 Å². The van der Waals surface area contributed by atoms with Crippen LogP contribution in [0.1, 0.15) is 84.5 Å². The maximum Gasteiger partial charge on any atom is 0.308 e. The molecule has 0 radical (unpaired) electrons. The Kier molecular flexibility index (Phi) is 9.57. The molecule has 0 amide bonds. The highest BCUT2D eigenvalue weighted by Crippen LogP contribution is 2.38. The van der Waals surface area contributed by atoms with Crippen LogP contribution in [0.4, 0.5) is 4.39 Å². The lowest BCUT2D eigenvalue weighted by molar-refractivity contribution is -0.151. The summed E-state index contributed by atoms with van der Waals surface area (Å²) in [5.41, 5.74) is 0. The molecule has 5 heteroatoms. The van der Waals surface area contributed by atoms with Crippen molar-refractivity contribution in [1.29, 1.82) is 0 Å². The van der Waals surface area contributed by atoms with E-state index in [2.05, 4.69) is 0 Å². The molecule has 2 rings (SSSR count). The van der Waals surface area contributed by atoms with E-state index in [4.69, 9.17) is 9.47 Å². The second-order valence-corrected chi connectivity index (χ2v) is 8.42. The molecule has 0 aromatic heterocycles. The van der Waals surface area contributed by atoms with E-state index in [9.17, 15) is 14.0 Å². The molecule has 2 aliphatic carbocycles. The number of esters is 2. The van der Waals surface area contributed by atoms with Crippen molar-refractivity contribution in [1.82, 2.24) is 0 Å². The third-order valence-corrected chi connectivity index (χ3v) is 6.25. The molecule has 0 bridgehead atoms. The van der Waals surface area contributed by atoms with E-state index in [0.29, 0.717) is 25.6 Å². The normalized spacial score (nSPS) is 29.7. The Hall–Kier alpha value is -1.13. The molecule has 0 spiro atoms. The zero-order chi connectivity index (χ0) is 19.6. The van der Waals surface area contributed by atoms with E-state index in [-0.39, 0.29) is 29.7 Å². The first kappa shape index (κ1) is 22.2. The molecule has 0 aliphatic heterocycles. The van der Waals surface area contributed by atoms with Crippen LogP contribution < -0.4 is 0 Å². The molecule has 1 unspecified atom stereocenters. The van der Waals surface area contributed by atoms with Crippen LogP contribution in [-0.4, -0.2) is 31.3 Å². The van der Waals surface area contributed by atoms with Gasteiger partial charge in [0.15, 0.2) is 0 Å². The van der Waals surface area contributed by atoms with Crippen molar-refractivity contribution >= 4 is 11.9 Å². The van der Waals surface area contributed by atoms with Crippen molar-refractivity contribution < 1.29 is 23.5 Å². The van der Waals surface area contributed by atoms with Crippen molar-refractivity contribution in [2.75, 3.05) is 13.2 Å². The quantitative estimate of drug-likeness (QED) is 0.511. The van der Waals surface area contributed by atoms with Crippen LogP contribution >= 0.6 is 0 Å². The Labute approximate surface area is 163 Å². The highest BCUT2D eigenvalue weighted by atomic mass is 19.1. The molecule has 156 valence electrons. The summed E-state index contributed by atoms with van der Waals surface area (Å²) in [6.45, 7) is 4.96. The number of hydrogen-bond acceptors (Lipinski definition) is 4. The van der Waals surface area contributed by atoms with Gasteiger partial charge in [-0.05, 0) is 82.5 Å². The van der Waals surface area contributed by atoms with Gasteiger partial charge in [0.25, 0.3) is 0 Å². The van der Waals surface area contributed by atoms with Crippen LogP contribution in [0.3, 0.4) is 0 Å². The predicted molar refractivity (Wildman–Crippen MR) is 103 cm³/mol. The number of ether oxygens (including phenoxy) is 2. The van der Waals surface area contributed by atoms with Crippen molar-refractivity contribution in [2.24, 2.45) is 23.7 Å². The predicted octanol–water partition coefficient (Wildman–Crippen LogP) is 5.23. The summed E-state index contributed by atoms with van der Waals surface area (Å²) in [5, 5.41) is 0. The zero-order valence-electron chi connectivity index (χ0n) is 17.1. The third-order valence-electron chi connectivity index (χ3n) is 6.25. The van der Waals surface area contributed by atoms with E-state index in [1.54, 1.807) is 0 Å². The van der Waals surface area contributed by atoms with E-state index >= 15 is 0 Å². The van der Waals surface area contributed by atoms with Crippen LogP contribution in [0.15, 0.2) is 0 Å². The fourth-order valence-corrected chi connectivity index (χ4v) is 4.50. The van der Waals surface area contributed by atoms with Gasteiger partial charge in [0.1, 0.15) is 6.17 Å². The molecule has 2 saturated carbocycles. The van der Waals surface area contributed by atoms with E-state index in [1.165, 1.54) is 0 Å². The second-order valence-electron chi connectivity index (χ2n) is 8.42. The number of carbonyl (C=O) groups excluding carboxylic acids is 2. The molecule has 1 atom stereocenters. The van der Waals surface area contributed by atoms with Crippen molar-refractivity contribution in [3.8, 4) is 0 Å². The Bertz CT molecular complexity index is 451. The first-order chi connectivity index (χ1) is 13.0. The SMILES string of the molecule is CCCOC(=O)[C@H]1CC[C@H](CC(F)[C@H]2CC[C@H](C(=O)OCCC)CC2)CC1. The monoisotopic (exact) mass is 384 g/mol. The average Bonchev–Trinajstić information content (AvgIpc) is 2.70. The van der Waals surface area contributed by atoms with Crippen LogP contribution in [0.2, 0.25) is 0 Å². The molecule has 2 fully saturated rings. The summed E-state index contributed by atoms with van der Waals surface area (Å²) in [6.07, 6.45) is 8.08. The number of carbonyl (C=O) groups is 2. The summed E-state index contributed by atoms with van der Waals surface area (Å²) < 4.78 is 25.3. The van der Waals surface area contributed by atoms with Gasteiger partial charge in [0.2, 0.25) is 0 Å². The van der Waals surface area contributed by atoms with Gasteiger partial charge in [0.05, 0.1) is 25.0 Å². The molecular formula is C22H37FO4. The third kappa shape index (κ3) is 7.08. The number of halogens is 1. The highest BCUT2D eigenvalue weighted by Gasteiger charge is 2.34. The molecule has 4 nitrogen and oxygen atoms in total. The van der Waals surface area contributed by atoms with Crippen LogP contribution in [0.25, 0.3) is 0 Å². The summed E-state index contributed by atoms with van der Waals surface area (Å²) >= 11 is 0. The fraction of sp³-hybridized carbons (Fsp3) is 0.909. The number of rotatable bonds is 9. The Morgan fingerprint density at radius 1 is 0.815 bits per heavy atom. The summed E-state index contributed by atoms with van der Waals surface area (Å²) in [5.74, 6) is 0.259. The smallest absolute Gasteiger partial charge is 0.308 e. The number of hydrogen-bond donors (Lipinski definition) is 0. The van der Waals surface area contributed by atoms with Crippen LogP contribution in [0.5, 0.6) is 0 Å². The van der Waals surface area contributed by atoms with Crippen molar-refractivity contribution in [3.63, 3.8) is 0 Å². The lowest BCUT2D eigenvalue weighted by Gasteiger charge is -2.33. The van der Waals surface area contributed by atoms with Gasteiger partial charge >= 0.3 is 11.9 Å². The molecule has 0 heterocycles. The van der Waals surface area contributed by atoms with Gasteiger partial charge in [0, 0.05) is 0 Å². The minimum Gasteiger partial charge on any atom is -0.465 e. The van der Waals surface area contributed by atoms with Gasteiger partial charge in [-0.1, -0.05) is 13.8 Å². The van der Waals surface area contributed by atoms with Crippen molar-refractivity contribution in [2.45, 2.75) is 90.6 Å². The molecule has 0 aromatic rings. The minimum atomic E-state index is -0.786. The number of alkyl halides is 1. The van der Waals surface area contributed by atoms with Crippen LogP contribution in [-0.2, 0) is 19.1 Å². The molecule has 27 heavy (non-hydrogen) atoms. The Morgan fingerprint density at radius 2 is 1.26 bits per heavy atom. The van der Waals surface area contributed by atoms with E-state index < -0.39 is 6.17 Å². The first-order valence-corrected chi connectivity index (χ1v) is 11.0. The Morgan fingerprint density at radius 3 is 1.70 bits per heavy atom. The lowest BCUT2D eigenvalue weighted by Crippen LogP contribution is -2.30. The van der Waals surface area contributed by atoms with Gasteiger partial charge in [-0.2, -0.15) is 0 Å². The Balaban J connectivity index is 1.66. The lowest BCUT2D eigenvalue weighted by atomic mass is 9.75. The largest absolute Gasteiger partial charge is 0.465 e. The molecule has 0 N–H and O–H groups in total. The van der Waals surface area contributed by atoms with E-state index in [1.807, 2.05) is 13.8 Å². The van der Waals surface area contributed by atoms with Gasteiger partial charge in [-0.15, -0.1) is 0 Å². The second kappa shape index (κ2) is 11.7. The van der Waals surface area contributed by atoms with E-state index in [0.717, 1.165) is 64.2 Å². The fourth-order valence-electron chi connectivity index (χ4n) is 4.50. The summed E-state index contributed by atoms with van der Waals surface area (Å²) in [6, 6.07) is 0. The highest BCUT2D eigenvalue weighted by molar-refractivity contribution is 5.72. The topological polar surface area (TPSA) is 52.6 Å². The molecular weight excluding hydrogens is 347 g/mol. The maximum atomic E-state index is 14.8.